The van der Waals surface area contributed by atoms with Crippen molar-refractivity contribution in [2.24, 2.45) is 0 Å². The summed E-state index contributed by atoms with van der Waals surface area (Å²) in [6.45, 7) is 0. The van der Waals surface area contributed by atoms with E-state index in [1.165, 1.54) is 0 Å². The molecule has 0 amide bonds. The van der Waals surface area contributed by atoms with Gasteiger partial charge in [-0.15, -0.1) is 10.2 Å². The van der Waals surface area contributed by atoms with Gasteiger partial charge in [0.2, 0.25) is 5.95 Å². The third-order valence-corrected chi connectivity index (χ3v) is 3.21. The van der Waals surface area contributed by atoms with Gasteiger partial charge in [-0.1, -0.05) is 60.1 Å². The van der Waals surface area contributed by atoms with Crippen LogP contribution >= 0.6 is 11.6 Å². The molecule has 20 heavy (non-hydrogen) atoms. The van der Waals surface area contributed by atoms with E-state index in [0.29, 0.717) is 16.4 Å². The zero-order chi connectivity index (χ0) is 13.9. The quantitative estimate of drug-likeness (QED) is 0.782. The summed E-state index contributed by atoms with van der Waals surface area (Å²) in [5.41, 5.74) is 8.66. The number of aromatic nitrogens is 3. The van der Waals surface area contributed by atoms with E-state index in [-0.39, 0.29) is 5.95 Å². The van der Waals surface area contributed by atoms with E-state index in [4.69, 9.17) is 17.3 Å². The molecule has 1 heterocycles. The summed E-state index contributed by atoms with van der Waals surface area (Å²) in [5, 5.41) is 8.61. The number of rotatable bonds is 2. The molecule has 2 aromatic carbocycles. The normalized spacial score (nSPS) is 10.4. The van der Waals surface area contributed by atoms with Crippen molar-refractivity contribution in [1.82, 2.24) is 15.2 Å². The maximum atomic E-state index is 6.23. The molecular formula is C15H11ClN4. The Hall–Kier alpha value is -2.46. The van der Waals surface area contributed by atoms with Crippen LogP contribution in [0.25, 0.3) is 22.5 Å². The Morgan fingerprint density at radius 1 is 0.800 bits per heavy atom. The average Bonchev–Trinajstić information content (AvgIpc) is 2.49. The number of nitrogen functional groups attached to an aromatic ring is 1. The van der Waals surface area contributed by atoms with Crippen molar-refractivity contribution >= 4 is 17.5 Å². The van der Waals surface area contributed by atoms with Gasteiger partial charge in [0.1, 0.15) is 11.4 Å². The van der Waals surface area contributed by atoms with Crippen molar-refractivity contribution in [2.75, 3.05) is 5.73 Å². The molecule has 3 aromatic rings. The van der Waals surface area contributed by atoms with Crippen molar-refractivity contribution < 1.29 is 0 Å². The summed E-state index contributed by atoms with van der Waals surface area (Å²) in [5.74, 6) is 0.139. The minimum atomic E-state index is 0.139. The first kappa shape index (κ1) is 12.6. The van der Waals surface area contributed by atoms with E-state index < -0.39 is 0 Å². The van der Waals surface area contributed by atoms with Crippen LogP contribution in [0.4, 0.5) is 5.95 Å². The lowest BCUT2D eigenvalue weighted by molar-refractivity contribution is 0.997. The monoisotopic (exact) mass is 282 g/mol. The highest BCUT2D eigenvalue weighted by Gasteiger charge is 2.14. The molecule has 4 nitrogen and oxygen atoms in total. The van der Waals surface area contributed by atoms with Gasteiger partial charge in [0.25, 0.3) is 0 Å². The zero-order valence-corrected chi connectivity index (χ0v) is 11.2. The van der Waals surface area contributed by atoms with Gasteiger partial charge in [-0.25, -0.2) is 4.98 Å². The van der Waals surface area contributed by atoms with Gasteiger partial charge >= 0.3 is 0 Å². The van der Waals surface area contributed by atoms with Crippen molar-refractivity contribution in [1.29, 1.82) is 0 Å². The third-order valence-electron chi connectivity index (χ3n) is 2.88. The molecular weight excluding hydrogens is 272 g/mol. The van der Waals surface area contributed by atoms with Gasteiger partial charge in [-0.3, -0.25) is 0 Å². The standard InChI is InChI=1S/C15H11ClN4/c16-12-9-5-4-8-11(12)14-13(18-15(17)20-19-14)10-6-2-1-3-7-10/h1-9H,(H2,17,18,20). The first-order valence-corrected chi connectivity index (χ1v) is 6.44. The molecule has 98 valence electrons. The first-order valence-electron chi connectivity index (χ1n) is 6.06. The summed E-state index contributed by atoms with van der Waals surface area (Å²) >= 11 is 6.23. The van der Waals surface area contributed by atoms with Gasteiger partial charge in [0.05, 0.1) is 5.02 Å². The molecule has 1 aromatic heterocycles. The molecule has 0 saturated carbocycles. The highest BCUT2D eigenvalue weighted by molar-refractivity contribution is 6.33. The summed E-state index contributed by atoms with van der Waals surface area (Å²) < 4.78 is 0. The lowest BCUT2D eigenvalue weighted by Crippen LogP contribution is -2.02. The minimum absolute atomic E-state index is 0.139. The van der Waals surface area contributed by atoms with E-state index in [2.05, 4.69) is 15.2 Å². The van der Waals surface area contributed by atoms with Gasteiger partial charge in [0, 0.05) is 11.1 Å². The van der Waals surface area contributed by atoms with Gasteiger partial charge < -0.3 is 5.73 Å². The highest BCUT2D eigenvalue weighted by Crippen LogP contribution is 2.32. The van der Waals surface area contributed by atoms with Crippen LogP contribution in [0, 0.1) is 0 Å². The fraction of sp³-hybridized carbons (Fsp3) is 0. The summed E-state index contributed by atoms with van der Waals surface area (Å²) in [7, 11) is 0. The van der Waals surface area contributed by atoms with Crippen LogP contribution in [-0.2, 0) is 0 Å². The molecule has 3 rings (SSSR count). The molecule has 0 unspecified atom stereocenters. The number of nitrogens with zero attached hydrogens (tertiary/aromatic N) is 3. The molecule has 0 atom stereocenters. The van der Waals surface area contributed by atoms with Gasteiger partial charge in [-0.2, -0.15) is 0 Å². The minimum Gasteiger partial charge on any atom is -0.366 e. The number of halogens is 1. The maximum Gasteiger partial charge on any atom is 0.240 e. The molecule has 0 bridgehead atoms. The summed E-state index contributed by atoms with van der Waals surface area (Å²) in [6, 6.07) is 17.2. The van der Waals surface area contributed by atoms with Crippen LogP contribution in [0.5, 0.6) is 0 Å². The predicted molar refractivity (Wildman–Crippen MR) is 80.1 cm³/mol. The highest BCUT2D eigenvalue weighted by atomic mass is 35.5. The fourth-order valence-corrected chi connectivity index (χ4v) is 2.20. The molecule has 5 heteroatoms. The second kappa shape index (κ2) is 5.27. The van der Waals surface area contributed by atoms with Crippen LogP contribution in [-0.4, -0.2) is 15.2 Å². The molecule has 0 fully saturated rings. The molecule has 0 aliphatic carbocycles. The van der Waals surface area contributed by atoms with E-state index in [1.807, 2.05) is 54.6 Å². The second-order valence-electron chi connectivity index (χ2n) is 4.21. The number of hydrogen-bond acceptors (Lipinski definition) is 4. The number of benzene rings is 2. The van der Waals surface area contributed by atoms with Crippen LogP contribution in [0.1, 0.15) is 0 Å². The van der Waals surface area contributed by atoms with Crippen LogP contribution < -0.4 is 5.73 Å². The lowest BCUT2D eigenvalue weighted by atomic mass is 10.0. The smallest absolute Gasteiger partial charge is 0.240 e. The van der Waals surface area contributed by atoms with Crippen molar-refractivity contribution in [3.8, 4) is 22.5 Å². The van der Waals surface area contributed by atoms with Crippen LogP contribution in [0.2, 0.25) is 5.02 Å². The Morgan fingerprint density at radius 3 is 2.25 bits per heavy atom. The van der Waals surface area contributed by atoms with Gasteiger partial charge in [-0.05, 0) is 6.07 Å². The van der Waals surface area contributed by atoms with Crippen LogP contribution in [0.3, 0.4) is 0 Å². The number of nitrogens with two attached hydrogens (primary N) is 1. The van der Waals surface area contributed by atoms with E-state index in [1.54, 1.807) is 0 Å². The largest absolute Gasteiger partial charge is 0.366 e. The summed E-state index contributed by atoms with van der Waals surface area (Å²) in [6.07, 6.45) is 0. The zero-order valence-electron chi connectivity index (χ0n) is 10.5. The Morgan fingerprint density at radius 2 is 1.50 bits per heavy atom. The van der Waals surface area contributed by atoms with E-state index >= 15 is 0 Å². The van der Waals surface area contributed by atoms with E-state index in [9.17, 15) is 0 Å². The Kier molecular flexibility index (Phi) is 3.31. The average molecular weight is 283 g/mol. The fourth-order valence-electron chi connectivity index (χ4n) is 1.97. The second-order valence-corrected chi connectivity index (χ2v) is 4.62. The maximum absolute atomic E-state index is 6.23. The van der Waals surface area contributed by atoms with Crippen LogP contribution in [0.15, 0.2) is 54.6 Å². The molecule has 0 aliphatic rings. The molecule has 0 radical (unpaired) electrons. The van der Waals surface area contributed by atoms with E-state index in [0.717, 1.165) is 11.1 Å². The molecule has 2 N–H and O–H groups in total. The number of hydrogen-bond donors (Lipinski definition) is 1. The lowest BCUT2D eigenvalue weighted by Gasteiger charge is -2.09. The molecule has 0 spiro atoms. The Bertz CT molecular complexity index is 744. The number of anilines is 1. The predicted octanol–water partition coefficient (Wildman–Crippen LogP) is 3.44. The molecule has 0 aliphatic heterocycles. The Balaban J connectivity index is 2.25. The first-order chi connectivity index (χ1) is 9.75. The van der Waals surface area contributed by atoms with Crippen molar-refractivity contribution in [2.45, 2.75) is 0 Å². The van der Waals surface area contributed by atoms with Crippen molar-refractivity contribution in [3.05, 3.63) is 59.6 Å². The third kappa shape index (κ3) is 2.33. The molecule has 0 saturated heterocycles. The van der Waals surface area contributed by atoms with Crippen molar-refractivity contribution in [3.63, 3.8) is 0 Å². The topological polar surface area (TPSA) is 64.7 Å². The van der Waals surface area contributed by atoms with Gasteiger partial charge in [0.15, 0.2) is 0 Å². The SMILES string of the molecule is Nc1nnc(-c2ccccc2Cl)c(-c2ccccc2)n1. The Labute approximate surface area is 121 Å². The summed E-state index contributed by atoms with van der Waals surface area (Å²) in [4.78, 5) is 4.31.